The van der Waals surface area contributed by atoms with Gasteiger partial charge in [0.05, 0.1) is 0 Å². The Morgan fingerprint density at radius 3 is 2.56 bits per heavy atom. The zero-order valence-corrected chi connectivity index (χ0v) is 10.1. The first-order valence-corrected chi connectivity index (χ1v) is 5.74. The second-order valence-corrected chi connectivity index (χ2v) is 4.12. The van der Waals surface area contributed by atoms with E-state index in [1.165, 1.54) is 12.1 Å². The van der Waals surface area contributed by atoms with Crippen molar-refractivity contribution in [2.75, 3.05) is 5.32 Å². The summed E-state index contributed by atoms with van der Waals surface area (Å²) in [7, 11) is 0. The van der Waals surface area contributed by atoms with Crippen LogP contribution in [0.25, 0.3) is 0 Å². The van der Waals surface area contributed by atoms with Gasteiger partial charge in [0.2, 0.25) is 0 Å². The summed E-state index contributed by atoms with van der Waals surface area (Å²) in [6.45, 7) is 2.14. The molecule has 0 heterocycles. The summed E-state index contributed by atoms with van der Waals surface area (Å²) in [5.74, 6) is -0.197. The fourth-order valence-electron chi connectivity index (χ4n) is 1.65. The molecular formula is C15H14FNO. The highest BCUT2D eigenvalue weighted by molar-refractivity contribution is 5.94. The predicted octanol–water partition coefficient (Wildman–Crippen LogP) is 3.64. The molecule has 0 radical (unpaired) electrons. The van der Waals surface area contributed by atoms with Crippen LogP contribution in [0.1, 0.15) is 22.8 Å². The van der Waals surface area contributed by atoms with Crippen molar-refractivity contribution in [2.45, 2.75) is 13.5 Å². The van der Waals surface area contributed by atoms with Gasteiger partial charge in [-0.05, 0) is 36.8 Å². The summed E-state index contributed by atoms with van der Waals surface area (Å²) in [6, 6.07) is 13.7. The Morgan fingerprint density at radius 1 is 1.17 bits per heavy atom. The number of halogens is 1. The minimum atomic E-state index is -0.239. The number of rotatable bonds is 4. The molecule has 0 aromatic heterocycles. The summed E-state index contributed by atoms with van der Waals surface area (Å²) in [5, 5.41) is 3.20. The highest BCUT2D eigenvalue weighted by Crippen LogP contribution is 2.13. The van der Waals surface area contributed by atoms with Gasteiger partial charge in [0.1, 0.15) is 5.82 Å². The number of anilines is 1. The van der Waals surface area contributed by atoms with Crippen molar-refractivity contribution in [3.63, 3.8) is 0 Å². The van der Waals surface area contributed by atoms with E-state index in [-0.39, 0.29) is 11.6 Å². The number of hydrogen-bond donors (Lipinski definition) is 1. The van der Waals surface area contributed by atoms with Crippen molar-refractivity contribution < 1.29 is 9.18 Å². The molecule has 0 atom stereocenters. The number of carbonyl (C=O) groups is 1. The zero-order chi connectivity index (χ0) is 13.0. The molecular weight excluding hydrogens is 229 g/mol. The fraction of sp³-hybridized carbons (Fsp3) is 0.133. The summed E-state index contributed by atoms with van der Waals surface area (Å²) >= 11 is 0. The van der Waals surface area contributed by atoms with Crippen molar-refractivity contribution in [1.82, 2.24) is 0 Å². The number of nitrogens with one attached hydrogen (secondary N) is 1. The van der Waals surface area contributed by atoms with Crippen LogP contribution in [0.5, 0.6) is 0 Å². The van der Waals surface area contributed by atoms with Crippen LogP contribution in [0.2, 0.25) is 0 Å². The van der Waals surface area contributed by atoms with E-state index < -0.39 is 0 Å². The van der Waals surface area contributed by atoms with Crippen molar-refractivity contribution >= 4 is 11.5 Å². The molecule has 0 aliphatic heterocycles. The van der Waals surface area contributed by atoms with Gasteiger partial charge in [-0.1, -0.05) is 24.3 Å². The molecule has 0 bridgehead atoms. The second-order valence-electron chi connectivity index (χ2n) is 4.12. The smallest absolute Gasteiger partial charge is 0.159 e. The molecule has 0 spiro atoms. The molecule has 3 heteroatoms. The number of hydrogen-bond acceptors (Lipinski definition) is 2. The van der Waals surface area contributed by atoms with Crippen LogP contribution in [0.4, 0.5) is 10.1 Å². The Kier molecular flexibility index (Phi) is 3.72. The third-order valence-corrected chi connectivity index (χ3v) is 2.68. The lowest BCUT2D eigenvalue weighted by atomic mass is 10.1. The molecule has 0 aliphatic carbocycles. The minimum absolute atomic E-state index is 0.0421. The average molecular weight is 243 g/mol. The third-order valence-electron chi connectivity index (χ3n) is 2.68. The van der Waals surface area contributed by atoms with E-state index in [1.807, 2.05) is 18.2 Å². The van der Waals surface area contributed by atoms with Crippen molar-refractivity contribution in [2.24, 2.45) is 0 Å². The van der Waals surface area contributed by atoms with E-state index in [4.69, 9.17) is 0 Å². The Bertz CT molecular complexity index is 549. The predicted molar refractivity (Wildman–Crippen MR) is 70.2 cm³/mol. The van der Waals surface area contributed by atoms with Crippen LogP contribution < -0.4 is 5.32 Å². The molecule has 2 rings (SSSR count). The van der Waals surface area contributed by atoms with E-state index in [0.717, 1.165) is 11.3 Å². The van der Waals surface area contributed by atoms with Crippen LogP contribution in [0.15, 0.2) is 48.5 Å². The van der Waals surface area contributed by atoms with Crippen LogP contribution in [0.3, 0.4) is 0 Å². The monoisotopic (exact) mass is 243 g/mol. The number of benzene rings is 2. The molecule has 1 N–H and O–H groups in total. The molecule has 2 nitrogen and oxygen atoms in total. The highest BCUT2D eigenvalue weighted by Gasteiger charge is 2.00. The number of ketones is 1. The first-order valence-electron chi connectivity index (χ1n) is 5.74. The molecule has 0 saturated carbocycles. The molecule has 0 unspecified atom stereocenters. The molecule has 2 aromatic rings. The van der Waals surface area contributed by atoms with Gasteiger partial charge < -0.3 is 5.32 Å². The van der Waals surface area contributed by atoms with Gasteiger partial charge in [-0.25, -0.2) is 4.39 Å². The van der Waals surface area contributed by atoms with Crippen molar-refractivity contribution in [1.29, 1.82) is 0 Å². The van der Waals surface area contributed by atoms with E-state index >= 15 is 0 Å². The molecule has 2 aromatic carbocycles. The number of carbonyl (C=O) groups excluding carboxylic acids is 1. The average Bonchev–Trinajstić information content (AvgIpc) is 2.38. The van der Waals surface area contributed by atoms with Crippen LogP contribution >= 0.6 is 0 Å². The molecule has 0 amide bonds. The maximum atomic E-state index is 12.7. The first kappa shape index (κ1) is 12.3. The summed E-state index contributed by atoms with van der Waals surface area (Å²) < 4.78 is 12.7. The van der Waals surface area contributed by atoms with Gasteiger partial charge in [0, 0.05) is 17.8 Å². The molecule has 0 fully saturated rings. The topological polar surface area (TPSA) is 29.1 Å². The molecule has 0 aliphatic rings. The van der Waals surface area contributed by atoms with Crippen LogP contribution in [-0.4, -0.2) is 5.78 Å². The van der Waals surface area contributed by atoms with Gasteiger partial charge in [-0.15, -0.1) is 0 Å². The Labute approximate surface area is 105 Å². The van der Waals surface area contributed by atoms with E-state index in [1.54, 1.807) is 25.1 Å². The largest absolute Gasteiger partial charge is 0.381 e. The van der Waals surface area contributed by atoms with Gasteiger partial charge >= 0.3 is 0 Å². The van der Waals surface area contributed by atoms with E-state index in [2.05, 4.69) is 5.32 Å². The molecule has 92 valence electrons. The van der Waals surface area contributed by atoms with E-state index in [9.17, 15) is 9.18 Å². The SMILES string of the molecule is CC(=O)c1cccc(NCc2ccc(F)cc2)c1. The van der Waals surface area contributed by atoms with Gasteiger partial charge in [0.25, 0.3) is 0 Å². The molecule has 0 saturated heterocycles. The van der Waals surface area contributed by atoms with Crippen molar-refractivity contribution in [3.8, 4) is 0 Å². The number of Topliss-reactive ketones (excluding diaryl/α,β-unsaturated/α-hetero) is 1. The highest BCUT2D eigenvalue weighted by atomic mass is 19.1. The first-order chi connectivity index (χ1) is 8.65. The zero-order valence-electron chi connectivity index (χ0n) is 10.1. The maximum absolute atomic E-state index is 12.7. The Hall–Kier alpha value is -2.16. The summed E-state index contributed by atoms with van der Waals surface area (Å²) in [6.07, 6.45) is 0. The molecule has 18 heavy (non-hydrogen) atoms. The standard InChI is InChI=1S/C15H14FNO/c1-11(18)13-3-2-4-15(9-13)17-10-12-5-7-14(16)8-6-12/h2-9,17H,10H2,1H3. The lowest BCUT2D eigenvalue weighted by molar-refractivity contribution is 0.101. The quantitative estimate of drug-likeness (QED) is 0.830. The second kappa shape index (κ2) is 5.45. The summed E-state index contributed by atoms with van der Waals surface area (Å²) in [4.78, 5) is 11.2. The van der Waals surface area contributed by atoms with Gasteiger partial charge in [-0.2, -0.15) is 0 Å². The Balaban J connectivity index is 2.04. The normalized spacial score (nSPS) is 10.1. The third kappa shape index (κ3) is 3.17. The van der Waals surface area contributed by atoms with Crippen LogP contribution in [0, 0.1) is 5.82 Å². The lowest BCUT2D eigenvalue weighted by Crippen LogP contribution is -2.01. The van der Waals surface area contributed by atoms with Crippen LogP contribution in [-0.2, 0) is 6.54 Å². The maximum Gasteiger partial charge on any atom is 0.159 e. The minimum Gasteiger partial charge on any atom is -0.381 e. The Morgan fingerprint density at radius 2 is 1.89 bits per heavy atom. The fourth-order valence-corrected chi connectivity index (χ4v) is 1.65. The van der Waals surface area contributed by atoms with Gasteiger partial charge in [0.15, 0.2) is 5.78 Å². The van der Waals surface area contributed by atoms with Crippen molar-refractivity contribution in [3.05, 3.63) is 65.5 Å². The van der Waals surface area contributed by atoms with E-state index in [0.29, 0.717) is 12.1 Å². The lowest BCUT2D eigenvalue weighted by Gasteiger charge is -2.07. The van der Waals surface area contributed by atoms with Gasteiger partial charge in [-0.3, -0.25) is 4.79 Å². The summed E-state index contributed by atoms with van der Waals surface area (Å²) in [5.41, 5.74) is 2.55.